The minimum atomic E-state index is -0.179. The Morgan fingerprint density at radius 2 is 1.71 bits per heavy atom. The van der Waals surface area contributed by atoms with E-state index in [4.69, 9.17) is 14.9 Å². The van der Waals surface area contributed by atoms with Crippen molar-refractivity contribution in [2.24, 2.45) is 0 Å². The predicted octanol–water partition coefficient (Wildman–Crippen LogP) is 2.65. The number of phenols is 1. The highest BCUT2D eigenvalue weighted by Crippen LogP contribution is 2.17. The lowest BCUT2D eigenvalue weighted by Crippen LogP contribution is -2.05. The monoisotopic (exact) mass is 232 g/mol. The molecule has 0 atom stereocenters. The lowest BCUT2D eigenvalue weighted by atomic mass is 10.2. The van der Waals surface area contributed by atoms with Crippen LogP contribution in [0.15, 0.2) is 53.7 Å². The molecule has 88 valence electrons. The van der Waals surface area contributed by atoms with Crippen molar-refractivity contribution in [3.05, 3.63) is 59.3 Å². The third kappa shape index (κ3) is 2.81. The third-order valence-corrected chi connectivity index (χ3v) is 2.28. The zero-order chi connectivity index (χ0) is 12.3. The second-order valence-electron chi connectivity index (χ2n) is 3.59. The molecule has 17 heavy (non-hydrogen) atoms. The Morgan fingerprint density at radius 3 is 2.35 bits per heavy atom. The normalized spacial score (nSPS) is 15.9. The van der Waals surface area contributed by atoms with Crippen LogP contribution in [0.1, 0.15) is 5.56 Å². The van der Waals surface area contributed by atoms with E-state index in [0.29, 0.717) is 5.76 Å². The highest BCUT2D eigenvalue weighted by Gasteiger charge is 2.10. The summed E-state index contributed by atoms with van der Waals surface area (Å²) in [5.41, 5.74) is 0.894. The van der Waals surface area contributed by atoms with Crippen LogP contribution in [-0.2, 0) is 4.74 Å². The summed E-state index contributed by atoms with van der Waals surface area (Å²) in [6.07, 6.45) is 4.80. The SMILES string of the molecule is OC1=C(O)COC(C=Cc2ccc(O)cc2)=C1. The summed E-state index contributed by atoms with van der Waals surface area (Å²) in [7, 11) is 0. The molecule has 0 aromatic heterocycles. The number of ether oxygens (including phenoxy) is 1. The summed E-state index contributed by atoms with van der Waals surface area (Å²) < 4.78 is 5.16. The van der Waals surface area contributed by atoms with Gasteiger partial charge in [0.2, 0.25) is 0 Å². The van der Waals surface area contributed by atoms with Gasteiger partial charge in [-0.1, -0.05) is 18.2 Å². The largest absolute Gasteiger partial charge is 0.508 e. The van der Waals surface area contributed by atoms with Crippen LogP contribution in [0.2, 0.25) is 0 Å². The number of hydrogen-bond donors (Lipinski definition) is 3. The van der Waals surface area contributed by atoms with Crippen LogP contribution in [-0.4, -0.2) is 21.9 Å². The van der Waals surface area contributed by atoms with Crippen LogP contribution in [0.3, 0.4) is 0 Å². The van der Waals surface area contributed by atoms with Gasteiger partial charge in [0, 0.05) is 6.08 Å². The summed E-state index contributed by atoms with van der Waals surface area (Å²) in [6.45, 7) is -0.0302. The van der Waals surface area contributed by atoms with Gasteiger partial charge in [-0.15, -0.1) is 0 Å². The average molecular weight is 232 g/mol. The molecule has 0 saturated heterocycles. The molecule has 1 aliphatic rings. The minimum Gasteiger partial charge on any atom is -0.508 e. The van der Waals surface area contributed by atoms with Gasteiger partial charge >= 0.3 is 0 Å². The van der Waals surface area contributed by atoms with Crippen LogP contribution >= 0.6 is 0 Å². The van der Waals surface area contributed by atoms with Gasteiger partial charge in [0.05, 0.1) is 0 Å². The fraction of sp³-hybridized carbons (Fsp3) is 0.0769. The van der Waals surface area contributed by atoms with Gasteiger partial charge in [0.15, 0.2) is 11.5 Å². The van der Waals surface area contributed by atoms with Crippen molar-refractivity contribution in [1.29, 1.82) is 0 Å². The van der Waals surface area contributed by atoms with Crippen molar-refractivity contribution in [3.8, 4) is 5.75 Å². The molecule has 4 nitrogen and oxygen atoms in total. The van der Waals surface area contributed by atoms with E-state index in [1.54, 1.807) is 36.4 Å². The van der Waals surface area contributed by atoms with E-state index in [1.165, 1.54) is 6.08 Å². The summed E-state index contributed by atoms with van der Waals surface area (Å²) in [5, 5.41) is 27.5. The molecule has 0 saturated carbocycles. The molecule has 4 heteroatoms. The first-order valence-corrected chi connectivity index (χ1v) is 5.08. The van der Waals surface area contributed by atoms with Gasteiger partial charge in [-0.25, -0.2) is 0 Å². The first-order valence-electron chi connectivity index (χ1n) is 5.08. The molecule has 0 spiro atoms. The number of phenolic OH excluding ortho intramolecular Hbond substituents is 1. The Hall–Kier alpha value is -2.36. The second-order valence-corrected chi connectivity index (χ2v) is 3.59. The fourth-order valence-corrected chi connectivity index (χ4v) is 1.35. The molecule has 1 aliphatic heterocycles. The Labute approximate surface area is 98.4 Å². The number of aliphatic hydroxyl groups is 2. The van der Waals surface area contributed by atoms with Gasteiger partial charge in [0.1, 0.15) is 18.1 Å². The zero-order valence-electron chi connectivity index (χ0n) is 9.00. The predicted molar refractivity (Wildman–Crippen MR) is 63.5 cm³/mol. The van der Waals surface area contributed by atoms with E-state index in [1.807, 2.05) is 0 Å². The average Bonchev–Trinajstić information content (AvgIpc) is 2.33. The first-order chi connectivity index (χ1) is 8.15. The van der Waals surface area contributed by atoms with Crippen LogP contribution in [0.5, 0.6) is 5.75 Å². The van der Waals surface area contributed by atoms with Crippen molar-refractivity contribution >= 4 is 6.08 Å². The van der Waals surface area contributed by atoms with E-state index < -0.39 is 0 Å². The highest BCUT2D eigenvalue weighted by molar-refractivity contribution is 5.53. The van der Waals surface area contributed by atoms with E-state index >= 15 is 0 Å². The molecule has 0 fully saturated rings. The first kappa shape index (κ1) is 11.1. The van der Waals surface area contributed by atoms with Crippen LogP contribution in [0.4, 0.5) is 0 Å². The Balaban J connectivity index is 2.12. The third-order valence-electron chi connectivity index (χ3n) is 2.28. The number of rotatable bonds is 2. The topological polar surface area (TPSA) is 69.9 Å². The Kier molecular flexibility index (Phi) is 3.05. The van der Waals surface area contributed by atoms with E-state index in [-0.39, 0.29) is 23.9 Å². The molecular weight excluding hydrogens is 220 g/mol. The van der Waals surface area contributed by atoms with E-state index in [0.717, 1.165) is 5.56 Å². The van der Waals surface area contributed by atoms with Crippen molar-refractivity contribution in [2.45, 2.75) is 0 Å². The molecule has 1 aromatic rings. The molecule has 2 rings (SSSR count). The van der Waals surface area contributed by atoms with Crippen LogP contribution in [0, 0.1) is 0 Å². The number of benzene rings is 1. The lowest BCUT2D eigenvalue weighted by Gasteiger charge is -2.12. The summed E-state index contributed by atoms with van der Waals surface area (Å²) in [4.78, 5) is 0. The fourth-order valence-electron chi connectivity index (χ4n) is 1.35. The quantitative estimate of drug-likeness (QED) is 0.733. The van der Waals surface area contributed by atoms with Crippen molar-refractivity contribution in [1.82, 2.24) is 0 Å². The molecule has 0 unspecified atom stereocenters. The zero-order valence-corrected chi connectivity index (χ0v) is 9.00. The molecule has 0 bridgehead atoms. The standard InChI is InChI=1S/C13H12O4/c14-10-4-1-9(2-5-10)3-6-11-7-12(15)13(16)8-17-11/h1-7,14-16H,8H2. The Bertz CT molecular complexity index is 495. The smallest absolute Gasteiger partial charge is 0.172 e. The maximum Gasteiger partial charge on any atom is 0.172 e. The summed E-state index contributed by atoms with van der Waals surface area (Å²) in [6, 6.07) is 6.67. The maximum absolute atomic E-state index is 9.29. The molecule has 0 radical (unpaired) electrons. The molecule has 1 heterocycles. The highest BCUT2D eigenvalue weighted by atomic mass is 16.5. The van der Waals surface area contributed by atoms with Crippen molar-refractivity contribution in [3.63, 3.8) is 0 Å². The molecule has 0 aliphatic carbocycles. The van der Waals surface area contributed by atoms with Gasteiger partial charge in [-0.05, 0) is 23.8 Å². The van der Waals surface area contributed by atoms with Gasteiger partial charge in [-0.2, -0.15) is 0 Å². The van der Waals surface area contributed by atoms with Gasteiger partial charge < -0.3 is 20.1 Å². The molecule has 0 amide bonds. The number of aromatic hydroxyl groups is 1. The summed E-state index contributed by atoms with van der Waals surface area (Å²) in [5.74, 6) is 0.322. The van der Waals surface area contributed by atoms with Gasteiger partial charge in [-0.3, -0.25) is 0 Å². The van der Waals surface area contributed by atoms with Gasteiger partial charge in [0.25, 0.3) is 0 Å². The Morgan fingerprint density at radius 1 is 1.00 bits per heavy atom. The van der Waals surface area contributed by atoms with E-state index in [2.05, 4.69) is 0 Å². The minimum absolute atomic E-state index is 0.0302. The van der Waals surface area contributed by atoms with E-state index in [9.17, 15) is 5.11 Å². The van der Waals surface area contributed by atoms with Crippen LogP contribution < -0.4 is 0 Å². The number of hydrogen-bond acceptors (Lipinski definition) is 4. The summed E-state index contributed by atoms with van der Waals surface area (Å²) >= 11 is 0. The molecular formula is C13H12O4. The molecule has 3 N–H and O–H groups in total. The molecule has 1 aromatic carbocycles. The number of aliphatic hydroxyl groups excluding tert-OH is 2. The second kappa shape index (κ2) is 4.65. The van der Waals surface area contributed by atoms with Crippen molar-refractivity contribution < 1.29 is 20.1 Å². The number of allylic oxidation sites excluding steroid dienone is 2. The maximum atomic E-state index is 9.29. The van der Waals surface area contributed by atoms with Crippen LogP contribution in [0.25, 0.3) is 6.08 Å². The lowest BCUT2D eigenvalue weighted by molar-refractivity contribution is 0.177. The van der Waals surface area contributed by atoms with Crippen molar-refractivity contribution in [2.75, 3.05) is 6.61 Å².